The van der Waals surface area contributed by atoms with E-state index in [0.717, 1.165) is 6.07 Å². The van der Waals surface area contributed by atoms with Gasteiger partial charge in [0.25, 0.3) is 5.89 Å². The normalized spacial score (nSPS) is 11.0. The zero-order valence-electron chi connectivity index (χ0n) is 14.9. The monoisotopic (exact) mass is 445 g/mol. The number of benzene rings is 1. The summed E-state index contributed by atoms with van der Waals surface area (Å²) in [5, 5.41) is 22.1. The first-order valence-corrected chi connectivity index (χ1v) is 9.24. The van der Waals surface area contributed by atoms with Crippen LogP contribution in [0.3, 0.4) is 0 Å². The Morgan fingerprint density at radius 1 is 1.23 bits per heavy atom. The number of aromatic nitrogens is 4. The van der Waals surface area contributed by atoms with E-state index in [4.69, 9.17) is 38.1 Å². The van der Waals surface area contributed by atoms with Crippen LogP contribution in [0.1, 0.15) is 17.5 Å². The van der Waals surface area contributed by atoms with Crippen molar-refractivity contribution < 1.29 is 18.8 Å². The number of carboxylic acids is 1. The molecular formula is C19H10Cl2FN5O3. The van der Waals surface area contributed by atoms with Crippen molar-refractivity contribution in [2.75, 3.05) is 0 Å². The number of hydrogen-bond acceptors (Lipinski definition) is 6. The van der Waals surface area contributed by atoms with Gasteiger partial charge in [0.05, 0.1) is 15.6 Å². The number of aliphatic carboxylic acids is 1. The molecule has 0 fully saturated rings. The Morgan fingerprint density at radius 3 is 2.77 bits per heavy atom. The molecule has 4 aromatic rings. The molecule has 150 valence electrons. The van der Waals surface area contributed by atoms with E-state index in [1.54, 1.807) is 16.8 Å². The van der Waals surface area contributed by atoms with Crippen LogP contribution < -0.4 is 0 Å². The maximum absolute atomic E-state index is 14.4. The highest BCUT2D eigenvalue weighted by molar-refractivity contribution is 6.33. The highest BCUT2D eigenvalue weighted by Gasteiger charge is 2.19. The predicted octanol–water partition coefficient (Wildman–Crippen LogP) is 4.39. The molecule has 0 radical (unpaired) electrons. The molecule has 0 amide bonds. The van der Waals surface area contributed by atoms with E-state index in [1.807, 2.05) is 6.07 Å². The Kier molecular flexibility index (Phi) is 5.11. The molecule has 8 nitrogen and oxygen atoms in total. The summed E-state index contributed by atoms with van der Waals surface area (Å²) in [5.74, 6) is -1.56. The largest absolute Gasteiger partial charge is 0.481 e. The fourth-order valence-electron chi connectivity index (χ4n) is 2.85. The molecule has 4 rings (SSSR count). The summed E-state index contributed by atoms with van der Waals surface area (Å²) in [6.45, 7) is 0. The smallest absolute Gasteiger partial charge is 0.303 e. The number of hydrogen-bond donors (Lipinski definition) is 1. The number of nitrogens with zero attached hydrogens (tertiary/aromatic N) is 5. The highest BCUT2D eigenvalue weighted by atomic mass is 35.5. The number of halogens is 3. The standard InChI is InChI=1S/C19H10Cl2FN5O3/c20-12-4-10(1-2-16(28)29)14(22)5-11(12)17-25-19(30-26-17)15-8-27-7-9(6-23)3-13(21)18(27)24-15/h3-5,7-8H,1-2H2,(H,28,29). The van der Waals surface area contributed by atoms with E-state index in [9.17, 15) is 9.18 Å². The zero-order valence-corrected chi connectivity index (χ0v) is 16.4. The van der Waals surface area contributed by atoms with Gasteiger partial charge in [-0.2, -0.15) is 10.2 Å². The Labute approximate surface area is 178 Å². The molecule has 1 aromatic carbocycles. The molecule has 0 aliphatic carbocycles. The summed E-state index contributed by atoms with van der Waals surface area (Å²) >= 11 is 12.4. The average molecular weight is 446 g/mol. The number of imidazole rings is 1. The molecule has 11 heteroatoms. The topological polar surface area (TPSA) is 117 Å². The fourth-order valence-corrected chi connectivity index (χ4v) is 3.38. The number of fused-ring (bicyclic) bond motifs is 1. The van der Waals surface area contributed by atoms with Gasteiger partial charge in [-0.1, -0.05) is 28.4 Å². The number of pyridine rings is 1. The van der Waals surface area contributed by atoms with E-state index < -0.39 is 11.8 Å². The minimum Gasteiger partial charge on any atom is -0.481 e. The quantitative estimate of drug-likeness (QED) is 0.483. The maximum atomic E-state index is 14.4. The van der Waals surface area contributed by atoms with Gasteiger partial charge in [-0.3, -0.25) is 4.79 Å². The molecule has 0 aliphatic heterocycles. The van der Waals surface area contributed by atoms with Gasteiger partial charge in [-0.15, -0.1) is 0 Å². The molecule has 0 spiro atoms. The minimum absolute atomic E-state index is 0.00531. The molecule has 0 saturated heterocycles. The van der Waals surface area contributed by atoms with Crippen LogP contribution in [0.15, 0.2) is 35.1 Å². The van der Waals surface area contributed by atoms with E-state index >= 15 is 0 Å². The van der Waals surface area contributed by atoms with Crippen molar-refractivity contribution in [3.05, 3.63) is 57.6 Å². The fraction of sp³-hybridized carbons (Fsp3) is 0.105. The lowest BCUT2D eigenvalue weighted by molar-refractivity contribution is -0.136. The van der Waals surface area contributed by atoms with Crippen molar-refractivity contribution in [1.29, 1.82) is 5.26 Å². The summed E-state index contributed by atoms with van der Waals surface area (Å²) in [6.07, 6.45) is 2.90. The second kappa shape index (κ2) is 7.74. The van der Waals surface area contributed by atoms with Gasteiger partial charge in [0, 0.05) is 24.4 Å². The van der Waals surface area contributed by atoms with Crippen molar-refractivity contribution in [3.63, 3.8) is 0 Å². The van der Waals surface area contributed by atoms with Crippen LogP contribution in [0.5, 0.6) is 0 Å². The molecule has 0 saturated carbocycles. The van der Waals surface area contributed by atoms with Crippen LogP contribution in [0.2, 0.25) is 10.0 Å². The second-order valence-electron chi connectivity index (χ2n) is 6.29. The van der Waals surface area contributed by atoms with Crippen LogP contribution in [-0.2, 0) is 11.2 Å². The number of rotatable bonds is 5. The van der Waals surface area contributed by atoms with Gasteiger partial charge in [-0.05, 0) is 30.2 Å². The third-order valence-corrected chi connectivity index (χ3v) is 4.86. The van der Waals surface area contributed by atoms with E-state index in [0.29, 0.717) is 16.9 Å². The van der Waals surface area contributed by atoms with Gasteiger partial charge in [0.2, 0.25) is 5.82 Å². The number of aryl methyl sites for hydroxylation is 1. The van der Waals surface area contributed by atoms with Crippen molar-refractivity contribution in [1.82, 2.24) is 19.5 Å². The van der Waals surface area contributed by atoms with Crippen LogP contribution in [0.25, 0.3) is 28.6 Å². The van der Waals surface area contributed by atoms with Crippen molar-refractivity contribution in [2.45, 2.75) is 12.8 Å². The first kappa shape index (κ1) is 19.8. The summed E-state index contributed by atoms with van der Waals surface area (Å²) in [6, 6.07) is 5.97. The molecule has 30 heavy (non-hydrogen) atoms. The number of carboxylic acid groups (broad SMARTS) is 1. The minimum atomic E-state index is -1.04. The first-order valence-electron chi connectivity index (χ1n) is 8.48. The van der Waals surface area contributed by atoms with E-state index in [1.165, 1.54) is 12.1 Å². The lowest BCUT2D eigenvalue weighted by atomic mass is 10.1. The molecule has 0 unspecified atom stereocenters. The molecule has 0 bridgehead atoms. The zero-order chi connectivity index (χ0) is 21.4. The Bertz CT molecular complexity index is 1340. The van der Waals surface area contributed by atoms with E-state index in [2.05, 4.69) is 15.1 Å². The average Bonchev–Trinajstić information content (AvgIpc) is 3.35. The van der Waals surface area contributed by atoms with Gasteiger partial charge >= 0.3 is 5.97 Å². The van der Waals surface area contributed by atoms with Gasteiger partial charge in [0.15, 0.2) is 5.65 Å². The van der Waals surface area contributed by atoms with Crippen LogP contribution in [-0.4, -0.2) is 30.6 Å². The van der Waals surface area contributed by atoms with Gasteiger partial charge < -0.3 is 14.0 Å². The van der Waals surface area contributed by atoms with Crippen LogP contribution in [0.4, 0.5) is 4.39 Å². The highest BCUT2D eigenvalue weighted by Crippen LogP contribution is 2.31. The van der Waals surface area contributed by atoms with Gasteiger partial charge in [0.1, 0.15) is 17.6 Å². The second-order valence-corrected chi connectivity index (χ2v) is 7.10. The SMILES string of the molecule is N#Cc1cc(Cl)c2nc(-c3nc(-c4cc(F)c(CCC(=O)O)cc4Cl)no3)cn2c1. The molecule has 3 aromatic heterocycles. The molecule has 0 atom stereocenters. The number of carbonyl (C=O) groups is 1. The summed E-state index contributed by atoms with van der Waals surface area (Å²) in [5.41, 5.74) is 1.43. The predicted molar refractivity (Wildman–Crippen MR) is 105 cm³/mol. The summed E-state index contributed by atoms with van der Waals surface area (Å²) in [7, 11) is 0. The first-order chi connectivity index (χ1) is 14.4. The van der Waals surface area contributed by atoms with Gasteiger partial charge in [-0.25, -0.2) is 9.37 Å². The Balaban J connectivity index is 1.69. The molecule has 3 heterocycles. The Hall–Kier alpha value is -3.48. The third-order valence-electron chi connectivity index (χ3n) is 4.27. The lowest BCUT2D eigenvalue weighted by Gasteiger charge is -2.05. The molecule has 1 N–H and O–H groups in total. The maximum Gasteiger partial charge on any atom is 0.303 e. The Morgan fingerprint density at radius 2 is 2.03 bits per heavy atom. The van der Waals surface area contributed by atoms with Crippen molar-refractivity contribution >= 4 is 34.8 Å². The molecule has 0 aliphatic rings. The lowest BCUT2D eigenvalue weighted by Crippen LogP contribution is -2.00. The third kappa shape index (κ3) is 3.70. The summed E-state index contributed by atoms with van der Waals surface area (Å²) < 4.78 is 21.1. The number of nitriles is 1. The molecular weight excluding hydrogens is 436 g/mol. The van der Waals surface area contributed by atoms with E-state index in [-0.39, 0.29) is 45.7 Å². The summed E-state index contributed by atoms with van der Waals surface area (Å²) in [4.78, 5) is 19.2. The van der Waals surface area contributed by atoms with Crippen LogP contribution >= 0.6 is 23.2 Å². The van der Waals surface area contributed by atoms with Crippen molar-refractivity contribution in [2.24, 2.45) is 0 Å². The van der Waals surface area contributed by atoms with Crippen molar-refractivity contribution in [3.8, 4) is 29.0 Å². The van der Waals surface area contributed by atoms with Crippen LogP contribution in [0, 0.1) is 17.1 Å².